The normalized spacial score (nSPS) is 20.4. The number of rotatable bonds is 6. The molecule has 0 aliphatic carbocycles. The van der Waals surface area contributed by atoms with E-state index in [0.29, 0.717) is 39.6 Å². The van der Waals surface area contributed by atoms with Crippen LogP contribution >= 0.6 is 11.6 Å². The van der Waals surface area contributed by atoms with Crippen molar-refractivity contribution in [2.75, 3.05) is 0 Å². The molecule has 0 spiro atoms. The predicted octanol–water partition coefficient (Wildman–Crippen LogP) is 7.09. The second kappa shape index (κ2) is 10.2. The highest BCUT2D eigenvalue weighted by atomic mass is 35.5. The Hall–Kier alpha value is -2.92. The van der Waals surface area contributed by atoms with E-state index in [9.17, 15) is 14.6 Å². The van der Waals surface area contributed by atoms with E-state index in [1.165, 1.54) is 0 Å². The Bertz CT molecular complexity index is 1300. The molecule has 0 saturated carbocycles. The summed E-state index contributed by atoms with van der Waals surface area (Å²) in [6.07, 6.45) is 5.16. The van der Waals surface area contributed by atoms with Gasteiger partial charge in [-0.05, 0) is 63.9 Å². The zero-order valence-electron chi connectivity index (χ0n) is 20.8. The van der Waals surface area contributed by atoms with Crippen LogP contribution in [-0.4, -0.2) is 30.0 Å². The summed E-state index contributed by atoms with van der Waals surface area (Å²) >= 11 is 5.81. The molecule has 1 N–H and O–H groups in total. The molecule has 36 heavy (non-hydrogen) atoms. The molecule has 1 aromatic heterocycles. The Morgan fingerprint density at radius 3 is 2.47 bits per heavy atom. The van der Waals surface area contributed by atoms with Gasteiger partial charge in [-0.25, -0.2) is 0 Å². The van der Waals surface area contributed by atoms with Gasteiger partial charge in [0, 0.05) is 36.0 Å². The van der Waals surface area contributed by atoms with Crippen molar-refractivity contribution in [2.45, 2.75) is 56.5 Å². The first kappa shape index (κ1) is 26.2. The van der Waals surface area contributed by atoms with E-state index in [0.717, 1.165) is 18.4 Å². The lowest BCUT2D eigenvalue weighted by Crippen LogP contribution is -2.52. The number of ether oxygens (including phenoxy) is 1. The molecule has 0 amide bonds. The molecular formula is C28H29ClN3O3S+. The summed E-state index contributed by atoms with van der Waals surface area (Å²) in [7, 11) is 0. The second-order valence-corrected chi connectivity index (χ2v) is 13.6. The largest absolute Gasteiger partial charge is 0.454 e. The average molecular weight is 523 g/mol. The van der Waals surface area contributed by atoms with Gasteiger partial charge >= 0.3 is 0 Å². The number of hydrogen-bond acceptors (Lipinski definition) is 6. The lowest BCUT2D eigenvalue weighted by atomic mass is 9.83. The van der Waals surface area contributed by atoms with Crippen molar-refractivity contribution in [2.24, 2.45) is 5.92 Å². The quantitative estimate of drug-likeness (QED) is 0.274. The third-order valence-electron chi connectivity index (χ3n) is 6.59. The van der Waals surface area contributed by atoms with E-state index in [-0.39, 0.29) is 21.2 Å². The zero-order chi connectivity index (χ0) is 26.1. The average Bonchev–Trinajstić information content (AvgIpc) is 2.83. The van der Waals surface area contributed by atoms with Crippen LogP contribution in [0.3, 0.4) is 0 Å². The van der Waals surface area contributed by atoms with E-state index in [1.807, 2.05) is 6.07 Å². The molecule has 1 aliphatic heterocycles. The highest BCUT2D eigenvalue weighted by molar-refractivity contribution is 7.94. The number of benzene rings is 2. The Labute approximate surface area is 219 Å². The number of nitriles is 1. The SMILES string of the molecule is CC1(C)CC(CC(=O)c2ccc(Oc3cccc(-c4ccnnc4)c3C#N)c(Cl)c2)CC(C)(C)[S+]1O. The van der Waals surface area contributed by atoms with Crippen LogP contribution in [-0.2, 0) is 11.2 Å². The maximum Gasteiger partial charge on any atom is 0.163 e. The molecule has 0 atom stereocenters. The van der Waals surface area contributed by atoms with Crippen molar-refractivity contribution >= 4 is 28.6 Å². The summed E-state index contributed by atoms with van der Waals surface area (Å²) in [4.78, 5) is 13.1. The minimum Gasteiger partial charge on any atom is -0.454 e. The van der Waals surface area contributed by atoms with Crippen LogP contribution < -0.4 is 4.74 Å². The fourth-order valence-corrected chi connectivity index (χ4v) is 7.69. The fourth-order valence-electron chi connectivity index (χ4n) is 5.19. The van der Waals surface area contributed by atoms with E-state index >= 15 is 0 Å². The standard InChI is InChI=1S/C28H29ClN3O3S/c1-27(2)14-18(15-28(3,4)36(27)34)12-24(33)19-8-9-26(23(29)13-19)35-25-7-5-6-21(22(25)16-30)20-10-11-31-32-17-20/h5-11,13,17-18,34H,12,14-15H2,1-4H3/q+1. The number of ketones is 1. The molecular weight excluding hydrogens is 494 g/mol. The summed E-state index contributed by atoms with van der Waals surface area (Å²) in [6.45, 7) is 8.31. The Kier molecular flexibility index (Phi) is 7.42. The summed E-state index contributed by atoms with van der Waals surface area (Å²) < 4.78 is 16.3. The molecule has 3 aromatic rings. The Balaban J connectivity index is 1.52. The molecule has 1 fully saturated rings. The van der Waals surface area contributed by atoms with Gasteiger partial charge < -0.3 is 4.74 Å². The molecule has 0 bridgehead atoms. The van der Waals surface area contributed by atoms with Crippen molar-refractivity contribution in [3.63, 3.8) is 0 Å². The lowest BCUT2D eigenvalue weighted by molar-refractivity contribution is 0.0948. The van der Waals surface area contributed by atoms with Crippen LogP contribution in [0, 0.1) is 17.2 Å². The van der Waals surface area contributed by atoms with Crippen LogP contribution in [0.4, 0.5) is 0 Å². The van der Waals surface area contributed by atoms with Gasteiger partial charge in [0.1, 0.15) is 23.1 Å². The minimum atomic E-state index is -0.713. The smallest absolute Gasteiger partial charge is 0.163 e. The van der Waals surface area contributed by atoms with Crippen LogP contribution in [0.15, 0.2) is 54.9 Å². The number of aromatic nitrogens is 2. The molecule has 1 saturated heterocycles. The summed E-state index contributed by atoms with van der Waals surface area (Å²) in [5.74, 6) is 0.930. The topological polar surface area (TPSA) is 96.1 Å². The third-order valence-corrected chi connectivity index (χ3v) is 9.31. The molecule has 4 rings (SSSR count). The Morgan fingerprint density at radius 1 is 1.14 bits per heavy atom. The fraction of sp³-hybridized carbons (Fsp3) is 0.357. The monoisotopic (exact) mass is 522 g/mol. The van der Waals surface area contributed by atoms with Crippen molar-refractivity contribution in [1.29, 1.82) is 5.26 Å². The summed E-state index contributed by atoms with van der Waals surface area (Å²) in [6, 6.07) is 14.3. The minimum absolute atomic E-state index is 0.0182. The van der Waals surface area contributed by atoms with Crippen LogP contribution in [0.1, 0.15) is 62.9 Å². The summed E-state index contributed by atoms with van der Waals surface area (Å²) in [5.41, 5.74) is 2.30. The summed E-state index contributed by atoms with van der Waals surface area (Å²) in [5, 5.41) is 17.8. The van der Waals surface area contributed by atoms with Gasteiger partial charge in [0.15, 0.2) is 26.5 Å². The molecule has 1 aliphatic rings. The number of hydrogen-bond donors (Lipinski definition) is 1. The van der Waals surface area contributed by atoms with Gasteiger partial charge in [0.2, 0.25) is 0 Å². The van der Waals surface area contributed by atoms with E-state index in [2.05, 4.69) is 44.0 Å². The van der Waals surface area contributed by atoms with Crippen molar-refractivity contribution in [3.8, 4) is 28.7 Å². The molecule has 186 valence electrons. The van der Waals surface area contributed by atoms with E-state index in [4.69, 9.17) is 16.3 Å². The van der Waals surface area contributed by atoms with Crippen molar-refractivity contribution in [3.05, 3.63) is 71.0 Å². The molecule has 2 aromatic carbocycles. The highest BCUT2D eigenvalue weighted by Gasteiger charge is 2.56. The number of nitrogens with zero attached hydrogens (tertiary/aromatic N) is 3. The van der Waals surface area contributed by atoms with Crippen molar-refractivity contribution < 1.29 is 14.1 Å². The predicted molar refractivity (Wildman–Crippen MR) is 144 cm³/mol. The maximum atomic E-state index is 13.1. The van der Waals surface area contributed by atoms with Crippen LogP contribution in [0.5, 0.6) is 11.5 Å². The number of carbonyl (C=O) groups is 1. The molecule has 8 heteroatoms. The first-order chi connectivity index (χ1) is 17.0. The third kappa shape index (κ3) is 5.41. The van der Waals surface area contributed by atoms with Gasteiger partial charge in [-0.1, -0.05) is 23.7 Å². The first-order valence-electron chi connectivity index (χ1n) is 11.8. The van der Waals surface area contributed by atoms with Crippen LogP contribution in [0.25, 0.3) is 11.1 Å². The van der Waals surface area contributed by atoms with Crippen LogP contribution in [0.2, 0.25) is 5.02 Å². The first-order valence-corrected chi connectivity index (χ1v) is 13.3. The van der Waals surface area contributed by atoms with E-state index in [1.54, 1.807) is 48.8 Å². The van der Waals surface area contributed by atoms with Gasteiger partial charge in [-0.15, -0.1) is 0 Å². The van der Waals surface area contributed by atoms with Gasteiger partial charge in [-0.3, -0.25) is 4.79 Å². The number of Topliss-reactive ketones (excluding diaryl/α,β-unsaturated/α-hetero) is 1. The lowest BCUT2D eigenvalue weighted by Gasteiger charge is -2.40. The maximum absolute atomic E-state index is 13.1. The zero-order valence-corrected chi connectivity index (χ0v) is 22.4. The Morgan fingerprint density at radius 2 is 1.86 bits per heavy atom. The highest BCUT2D eigenvalue weighted by Crippen LogP contribution is 2.45. The number of carbonyl (C=O) groups excluding carboxylic acids is 1. The van der Waals surface area contributed by atoms with Gasteiger partial charge in [-0.2, -0.15) is 20.0 Å². The second-order valence-electron chi connectivity index (χ2n) is 10.4. The van der Waals surface area contributed by atoms with E-state index < -0.39 is 11.2 Å². The molecule has 2 heterocycles. The van der Waals surface area contributed by atoms with Gasteiger partial charge in [0.25, 0.3) is 0 Å². The molecule has 6 nitrogen and oxygen atoms in total. The van der Waals surface area contributed by atoms with Gasteiger partial charge in [0.05, 0.1) is 17.4 Å². The molecule has 0 unspecified atom stereocenters. The molecule has 0 radical (unpaired) electrons. The number of halogens is 1. The van der Waals surface area contributed by atoms with Crippen molar-refractivity contribution in [1.82, 2.24) is 10.2 Å².